The van der Waals surface area contributed by atoms with Gasteiger partial charge in [-0.25, -0.2) is 14.6 Å². The van der Waals surface area contributed by atoms with E-state index < -0.39 is 30.0 Å². The zero-order chi connectivity index (χ0) is 31.0. The smallest absolute Gasteiger partial charge is 0.408 e. The molecule has 2 atom stereocenters. The highest BCUT2D eigenvalue weighted by Crippen LogP contribution is 2.15. The predicted octanol–water partition coefficient (Wildman–Crippen LogP) is 4.74. The average Bonchev–Trinajstić information content (AvgIpc) is 3.49. The van der Waals surface area contributed by atoms with Crippen LogP contribution in [0.2, 0.25) is 0 Å². The van der Waals surface area contributed by atoms with Crippen molar-refractivity contribution in [2.45, 2.75) is 59.3 Å². The lowest BCUT2D eigenvalue weighted by atomic mass is 10.0. The first-order chi connectivity index (χ1) is 20.7. The minimum Gasteiger partial charge on any atom is -0.445 e. The summed E-state index contributed by atoms with van der Waals surface area (Å²) in [4.78, 5) is 54.0. The summed E-state index contributed by atoms with van der Waals surface area (Å²) in [5.41, 5.74) is 6.66. The van der Waals surface area contributed by atoms with Gasteiger partial charge in [-0.1, -0.05) is 81.4 Å². The Bertz CT molecular complexity index is 1320. The molecule has 1 unspecified atom stereocenters. The number of amides is 4. The van der Waals surface area contributed by atoms with Crippen LogP contribution >= 0.6 is 11.3 Å². The van der Waals surface area contributed by atoms with Crippen molar-refractivity contribution in [1.29, 1.82) is 0 Å². The van der Waals surface area contributed by atoms with E-state index in [-0.39, 0.29) is 30.7 Å². The number of rotatable bonds is 14. The number of nitrogens with zero attached hydrogens (tertiary/aromatic N) is 1. The first-order valence-electron chi connectivity index (χ1n) is 14.2. The van der Waals surface area contributed by atoms with Crippen LogP contribution in [0.5, 0.6) is 0 Å². The lowest BCUT2D eigenvalue weighted by Crippen LogP contribution is -2.52. The van der Waals surface area contributed by atoms with Crippen molar-refractivity contribution in [3.63, 3.8) is 0 Å². The fraction of sp³-hybridized carbons (Fsp3) is 0.387. The molecular weight excluding hydrogens is 570 g/mol. The van der Waals surface area contributed by atoms with Crippen LogP contribution in [0.4, 0.5) is 9.59 Å². The fourth-order valence-corrected chi connectivity index (χ4v) is 4.71. The number of thiazole rings is 1. The highest BCUT2D eigenvalue weighted by molar-refractivity contribution is 7.09. The third-order valence-electron chi connectivity index (χ3n) is 6.27. The molecule has 0 aliphatic rings. The Labute approximate surface area is 255 Å². The lowest BCUT2D eigenvalue weighted by molar-refractivity contribution is -0.124. The zero-order valence-electron chi connectivity index (χ0n) is 24.6. The van der Waals surface area contributed by atoms with Gasteiger partial charge in [0.1, 0.15) is 24.9 Å². The molecule has 43 heavy (non-hydrogen) atoms. The van der Waals surface area contributed by atoms with Gasteiger partial charge in [-0.2, -0.15) is 0 Å². The number of carbonyl (C=O) groups excluding carboxylic acids is 4. The van der Waals surface area contributed by atoms with Crippen molar-refractivity contribution >= 4 is 35.3 Å². The van der Waals surface area contributed by atoms with Gasteiger partial charge in [0.25, 0.3) is 11.8 Å². The van der Waals surface area contributed by atoms with Crippen LogP contribution in [0.1, 0.15) is 60.2 Å². The summed E-state index contributed by atoms with van der Waals surface area (Å²) in [7, 11) is 0. The number of ether oxygens (including phenoxy) is 2. The molecular formula is C31H39N5O6S. The number of nitrogens with one attached hydrogen (secondary N) is 4. The molecule has 0 spiro atoms. The molecule has 230 valence electrons. The zero-order valence-corrected chi connectivity index (χ0v) is 25.4. The standard InChI is InChI=1S/C31H39N5O6S/c1-21(2)16-25(34-31(40)42-19-24-12-8-5-9-13-24)28(37)35-36-29(38)26-20-43-27(33-26)15-14-22(3)17-32-30(39)41-18-23-10-6-4-7-11-23/h4-13,20-22,25H,14-19H2,1-3H3,(H,32,39)(H,34,40)(H,35,37)(H,36,38)/t22?,25-/m0/s1. The van der Waals surface area contributed by atoms with Gasteiger partial charge in [0.2, 0.25) is 0 Å². The van der Waals surface area contributed by atoms with Gasteiger partial charge in [-0.3, -0.25) is 20.4 Å². The lowest BCUT2D eigenvalue weighted by Gasteiger charge is -2.20. The predicted molar refractivity (Wildman–Crippen MR) is 163 cm³/mol. The van der Waals surface area contributed by atoms with Crippen molar-refractivity contribution in [3.8, 4) is 0 Å². The van der Waals surface area contributed by atoms with Crippen molar-refractivity contribution in [2.75, 3.05) is 6.54 Å². The van der Waals surface area contributed by atoms with E-state index in [4.69, 9.17) is 9.47 Å². The molecule has 2 aromatic carbocycles. The quantitative estimate of drug-likeness (QED) is 0.193. The fourth-order valence-electron chi connectivity index (χ4n) is 3.91. The van der Waals surface area contributed by atoms with Crippen LogP contribution < -0.4 is 21.5 Å². The number of aromatic nitrogens is 1. The molecule has 4 N–H and O–H groups in total. The maximum absolute atomic E-state index is 12.8. The number of hydrogen-bond donors (Lipinski definition) is 4. The molecule has 0 fully saturated rings. The van der Waals surface area contributed by atoms with E-state index in [1.807, 2.05) is 81.4 Å². The van der Waals surface area contributed by atoms with Crippen molar-refractivity contribution < 1.29 is 28.7 Å². The van der Waals surface area contributed by atoms with Crippen LogP contribution in [0.25, 0.3) is 0 Å². The first kappa shape index (κ1) is 33.1. The Morgan fingerprint density at radius 3 is 2.05 bits per heavy atom. The topological polar surface area (TPSA) is 148 Å². The number of hydrogen-bond acceptors (Lipinski definition) is 8. The molecule has 0 aliphatic heterocycles. The van der Waals surface area contributed by atoms with Gasteiger partial charge in [0.15, 0.2) is 0 Å². The summed E-state index contributed by atoms with van der Waals surface area (Å²) in [6.45, 7) is 6.57. The average molecular weight is 610 g/mol. The number of benzene rings is 2. The van der Waals surface area contributed by atoms with Gasteiger partial charge in [-0.15, -0.1) is 11.3 Å². The molecule has 11 nitrogen and oxygen atoms in total. The van der Waals surface area contributed by atoms with Crippen LogP contribution in [0.15, 0.2) is 66.0 Å². The monoisotopic (exact) mass is 609 g/mol. The normalized spacial score (nSPS) is 12.1. The maximum atomic E-state index is 12.8. The summed E-state index contributed by atoms with van der Waals surface area (Å²) >= 11 is 1.34. The number of alkyl carbamates (subject to hydrolysis) is 2. The van der Waals surface area contributed by atoms with Crippen molar-refractivity contribution in [2.24, 2.45) is 11.8 Å². The second-order valence-electron chi connectivity index (χ2n) is 10.5. The molecule has 0 saturated heterocycles. The van der Waals surface area contributed by atoms with Gasteiger partial charge >= 0.3 is 12.2 Å². The third-order valence-corrected chi connectivity index (χ3v) is 7.18. The highest BCUT2D eigenvalue weighted by atomic mass is 32.1. The van der Waals surface area contributed by atoms with Gasteiger partial charge in [-0.05, 0) is 42.2 Å². The molecule has 3 aromatic rings. The van der Waals surface area contributed by atoms with E-state index in [1.165, 1.54) is 11.3 Å². The van der Waals surface area contributed by atoms with E-state index in [0.29, 0.717) is 19.4 Å². The Morgan fingerprint density at radius 1 is 0.837 bits per heavy atom. The number of aryl methyl sites for hydroxylation is 1. The van der Waals surface area contributed by atoms with Crippen LogP contribution in [-0.2, 0) is 33.9 Å². The summed E-state index contributed by atoms with van der Waals surface area (Å²) in [5, 5.41) is 7.72. The van der Waals surface area contributed by atoms with E-state index in [9.17, 15) is 19.2 Å². The summed E-state index contributed by atoms with van der Waals surface area (Å²) in [5.74, 6) is -0.881. The van der Waals surface area contributed by atoms with E-state index in [2.05, 4.69) is 26.5 Å². The first-order valence-corrected chi connectivity index (χ1v) is 15.0. The minimum atomic E-state index is -0.903. The molecule has 0 bridgehead atoms. The van der Waals surface area contributed by atoms with Crippen molar-refractivity contribution in [1.82, 2.24) is 26.5 Å². The van der Waals surface area contributed by atoms with Gasteiger partial charge in [0, 0.05) is 11.9 Å². The SMILES string of the molecule is CC(C)C[C@H](NC(=O)OCc1ccccc1)C(=O)NNC(=O)c1csc(CCC(C)CNC(=O)OCc2ccccc2)n1. The summed E-state index contributed by atoms with van der Waals surface area (Å²) in [6, 6.07) is 17.8. The molecule has 0 radical (unpaired) electrons. The Hall–Kier alpha value is -4.45. The summed E-state index contributed by atoms with van der Waals surface area (Å²) in [6.07, 6.45) is 0.514. The largest absolute Gasteiger partial charge is 0.445 e. The molecule has 1 heterocycles. The number of hydrazine groups is 1. The molecule has 0 saturated carbocycles. The van der Waals surface area contributed by atoms with Gasteiger partial charge < -0.3 is 20.1 Å². The second kappa shape index (κ2) is 17.5. The number of carbonyl (C=O) groups is 4. The molecule has 4 amide bonds. The molecule has 3 rings (SSSR count). The van der Waals surface area contributed by atoms with Crippen molar-refractivity contribution in [3.05, 3.63) is 87.9 Å². The third kappa shape index (κ3) is 12.5. The van der Waals surface area contributed by atoms with Crippen LogP contribution in [0.3, 0.4) is 0 Å². The van der Waals surface area contributed by atoms with E-state index in [1.54, 1.807) is 5.38 Å². The molecule has 1 aromatic heterocycles. The molecule has 0 aliphatic carbocycles. The van der Waals surface area contributed by atoms with Gasteiger partial charge in [0.05, 0.1) is 5.01 Å². The Morgan fingerprint density at radius 2 is 1.44 bits per heavy atom. The van der Waals surface area contributed by atoms with Crippen LogP contribution in [0, 0.1) is 11.8 Å². The highest BCUT2D eigenvalue weighted by Gasteiger charge is 2.24. The van der Waals surface area contributed by atoms with E-state index >= 15 is 0 Å². The molecule has 12 heteroatoms. The maximum Gasteiger partial charge on any atom is 0.408 e. The Balaban J connectivity index is 1.37. The van der Waals surface area contributed by atoms with Crippen LogP contribution in [-0.4, -0.2) is 41.6 Å². The second-order valence-corrected chi connectivity index (χ2v) is 11.5. The summed E-state index contributed by atoms with van der Waals surface area (Å²) < 4.78 is 10.5. The van der Waals surface area contributed by atoms with E-state index in [0.717, 1.165) is 22.6 Å². The minimum absolute atomic E-state index is 0.0716. The Kier molecular flexibility index (Phi) is 13.4.